The number of aromatic amines is 1. The minimum absolute atomic E-state index is 0.110. The average molecular weight is 290 g/mol. The molecule has 0 fully saturated rings. The molecule has 2 rings (SSSR count). The molecular weight excluding hydrogens is 272 g/mol. The highest BCUT2D eigenvalue weighted by Crippen LogP contribution is 2.23. The number of rotatable bonds is 5. The van der Waals surface area contributed by atoms with Crippen molar-refractivity contribution in [2.24, 2.45) is 7.05 Å². The fourth-order valence-electron chi connectivity index (χ4n) is 1.70. The fourth-order valence-corrected chi connectivity index (χ4v) is 1.70. The predicted molar refractivity (Wildman–Crippen MR) is 80.3 cm³/mol. The molecule has 0 aliphatic rings. The summed E-state index contributed by atoms with van der Waals surface area (Å²) in [5, 5.41) is 2.94. The normalized spacial score (nSPS) is 10.4. The van der Waals surface area contributed by atoms with Gasteiger partial charge in [0.1, 0.15) is 5.75 Å². The Morgan fingerprint density at radius 3 is 2.81 bits per heavy atom. The van der Waals surface area contributed by atoms with E-state index in [0.29, 0.717) is 6.61 Å². The lowest BCUT2D eigenvalue weighted by Gasteiger charge is -2.11. The summed E-state index contributed by atoms with van der Waals surface area (Å²) in [5.74, 6) is 0.829. The highest BCUT2D eigenvalue weighted by molar-refractivity contribution is 5.60. The van der Waals surface area contributed by atoms with Gasteiger partial charge < -0.3 is 10.1 Å². The van der Waals surface area contributed by atoms with E-state index in [2.05, 4.69) is 15.3 Å². The van der Waals surface area contributed by atoms with Gasteiger partial charge >= 0.3 is 11.4 Å². The largest absolute Gasteiger partial charge is 0.494 e. The molecule has 0 radical (unpaired) electrons. The van der Waals surface area contributed by atoms with Crippen molar-refractivity contribution in [2.75, 3.05) is 11.9 Å². The number of nitrogens with one attached hydrogen (secondary N) is 2. The van der Waals surface area contributed by atoms with E-state index in [0.717, 1.165) is 28.0 Å². The summed E-state index contributed by atoms with van der Waals surface area (Å²) in [4.78, 5) is 29.3. The van der Waals surface area contributed by atoms with Gasteiger partial charge in [-0.25, -0.2) is 14.2 Å². The van der Waals surface area contributed by atoms with Gasteiger partial charge in [-0.3, -0.25) is 4.98 Å². The minimum atomic E-state index is -0.614. The van der Waals surface area contributed by atoms with E-state index in [-0.39, 0.29) is 5.95 Å². The van der Waals surface area contributed by atoms with E-state index in [1.54, 1.807) is 0 Å². The quantitative estimate of drug-likeness (QED) is 0.866. The summed E-state index contributed by atoms with van der Waals surface area (Å²) < 4.78 is 6.46. The Hall–Kier alpha value is -2.57. The van der Waals surface area contributed by atoms with Gasteiger partial charge in [0, 0.05) is 18.8 Å². The summed E-state index contributed by atoms with van der Waals surface area (Å²) in [6.45, 7) is 4.57. The van der Waals surface area contributed by atoms with E-state index < -0.39 is 11.4 Å². The van der Waals surface area contributed by atoms with E-state index in [4.69, 9.17) is 4.74 Å². The Morgan fingerprint density at radius 1 is 1.38 bits per heavy atom. The molecule has 1 heterocycles. The lowest BCUT2D eigenvalue weighted by molar-refractivity contribution is 0.317. The van der Waals surface area contributed by atoms with Crippen LogP contribution in [0.2, 0.25) is 0 Å². The molecule has 7 heteroatoms. The molecule has 0 atom stereocenters. The van der Waals surface area contributed by atoms with Crippen molar-refractivity contribution in [3.8, 4) is 5.75 Å². The molecule has 21 heavy (non-hydrogen) atoms. The maximum Gasteiger partial charge on any atom is 0.354 e. The smallest absolute Gasteiger partial charge is 0.354 e. The maximum absolute atomic E-state index is 11.5. The molecule has 2 aromatic rings. The third kappa shape index (κ3) is 3.50. The van der Waals surface area contributed by atoms with Crippen LogP contribution in [-0.4, -0.2) is 21.1 Å². The van der Waals surface area contributed by atoms with Crippen LogP contribution in [0.1, 0.15) is 18.9 Å². The molecule has 0 bridgehead atoms. The minimum Gasteiger partial charge on any atom is -0.494 e. The molecule has 0 unspecified atom stereocenters. The second-order valence-corrected chi connectivity index (χ2v) is 4.68. The SMILES string of the molecule is CCCOc1ccc(C)c(Nc2nc(=O)n(C)c(=O)[nH]2)c1. The van der Waals surface area contributed by atoms with Gasteiger partial charge in [0.25, 0.3) is 0 Å². The first kappa shape index (κ1) is 14.8. The molecule has 112 valence electrons. The van der Waals surface area contributed by atoms with Crippen molar-refractivity contribution in [3.05, 3.63) is 44.7 Å². The van der Waals surface area contributed by atoms with Gasteiger partial charge in [-0.1, -0.05) is 13.0 Å². The number of hydrogen-bond acceptors (Lipinski definition) is 5. The van der Waals surface area contributed by atoms with Gasteiger partial charge in [0.2, 0.25) is 5.95 Å². The standard InChI is InChI=1S/C14H18N4O3/c1-4-7-21-10-6-5-9(2)11(8-10)15-12-16-13(19)18(3)14(20)17-12/h5-6,8H,4,7H2,1-3H3,(H2,15,16,17,19,20). The summed E-state index contributed by atoms with van der Waals surface area (Å²) >= 11 is 0. The lowest BCUT2D eigenvalue weighted by Crippen LogP contribution is -2.35. The van der Waals surface area contributed by atoms with Gasteiger partial charge in [-0.2, -0.15) is 4.98 Å². The first-order chi connectivity index (χ1) is 10.0. The van der Waals surface area contributed by atoms with Gasteiger partial charge in [-0.05, 0) is 25.0 Å². The Balaban J connectivity index is 2.30. The summed E-state index contributed by atoms with van der Waals surface area (Å²) in [5.41, 5.74) is 0.535. The predicted octanol–water partition coefficient (Wildman–Crippen LogP) is 1.31. The van der Waals surface area contributed by atoms with Gasteiger partial charge in [0.15, 0.2) is 0 Å². The van der Waals surface area contributed by atoms with Crippen LogP contribution < -0.4 is 21.4 Å². The molecular formula is C14H18N4O3. The fraction of sp³-hybridized carbons (Fsp3) is 0.357. The van der Waals surface area contributed by atoms with Crippen molar-refractivity contribution >= 4 is 11.6 Å². The van der Waals surface area contributed by atoms with Crippen molar-refractivity contribution in [1.29, 1.82) is 0 Å². The second-order valence-electron chi connectivity index (χ2n) is 4.68. The number of nitrogens with zero attached hydrogens (tertiary/aromatic N) is 2. The van der Waals surface area contributed by atoms with Crippen molar-refractivity contribution in [3.63, 3.8) is 0 Å². The van der Waals surface area contributed by atoms with Crippen LogP contribution in [0, 0.1) is 6.92 Å². The second kappa shape index (κ2) is 6.25. The van der Waals surface area contributed by atoms with Crippen LogP contribution in [-0.2, 0) is 7.05 Å². The third-order valence-corrected chi connectivity index (χ3v) is 2.96. The molecule has 0 amide bonds. The Bertz CT molecular complexity index is 717. The van der Waals surface area contributed by atoms with Crippen LogP contribution in [0.3, 0.4) is 0 Å². The zero-order chi connectivity index (χ0) is 15.4. The zero-order valence-electron chi connectivity index (χ0n) is 12.3. The van der Waals surface area contributed by atoms with Gasteiger partial charge in [0.05, 0.1) is 6.61 Å². The molecule has 0 saturated carbocycles. The molecule has 0 aliphatic heterocycles. The first-order valence-electron chi connectivity index (χ1n) is 6.69. The monoisotopic (exact) mass is 290 g/mol. The topological polar surface area (TPSA) is 89.0 Å². The molecule has 1 aromatic carbocycles. The lowest BCUT2D eigenvalue weighted by atomic mass is 10.2. The van der Waals surface area contributed by atoms with E-state index in [9.17, 15) is 9.59 Å². The van der Waals surface area contributed by atoms with E-state index in [1.165, 1.54) is 7.05 Å². The molecule has 7 nitrogen and oxygen atoms in total. The molecule has 0 aliphatic carbocycles. The summed E-state index contributed by atoms with van der Waals surface area (Å²) in [6.07, 6.45) is 0.917. The molecule has 0 spiro atoms. The third-order valence-electron chi connectivity index (χ3n) is 2.96. The van der Waals surface area contributed by atoms with Crippen LogP contribution in [0.15, 0.2) is 27.8 Å². The van der Waals surface area contributed by atoms with Crippen LogP contribution >= 0.6 is 0 Å². The highest BCUT2D eigenvalue weighted by atomic mass is 16.5. The Labute approximate surface area is 121 Å². The molecule has 0 saturated heterocycles. The number of ether oxygens (including phenoxy) is 1. The van der Waals surface area contributed by atoms with Crippen LogP contribution in [0.5, 0.6) is 5.75 Å². The highest BCUT2D eigenvalue weighted by Gasteiger charge is 2.06. The van der Waals surface area contributed by atoms with Crippen molar-refractivity contribution in [2.45, 2.75) is 20.3 Å². The number of benzene rings is 1. The van der Waals surface area contributed by atoms with E-state index in [1.807, 2.05) is 32.0 Å². The molecule has 1 aromatic heterocycles. The van der Waals surface area contributed by atoms with Crippen molar-refractivity contribution in [1.82, 2.24) is 14.5 Å². The Kier molecular flexibility index (Phi) is 4.42. The summed E-state index contributed by atoms with van der Waals surface area (Å²) in [7, 11) is 1.36. The number of hydrogen-bond donors (Lipinski definition) is 2. The number of aryl methyl sites for hydroxylation is 1. The number of anilines is 2. The van der Waals surface area contributed by atoms with Crippen molar-refractivity contribution < 1.29 is 4.74 Å². The zero-order valence-corrected chi connectivity index (χ0v) is 12.3. The number of aromatic nitrogens is 3. The van der Waals surface area contributed by atoms with Crippen LogP contribution in [0.4, 0.5) is 11.6 Å². The van der Waals surface area contributed by atoms with Crippen LogP contribution in [0.25, 0.3) is 0 Å². The molecule has 2 N–H and O–H groups in total. The first-order valence-corrected chi connectivity index (χ1v) is 6.69. The summed E-state index contributed by atoms with van der Waals surface area (Å²) in [6, 6.07) is 5.57. The Morgan fingerprint density at radius 2 is 2.14 bits per heavy atom. The average Bonchev–Trinajstić information content (AvgIpc) is 2.45. The van der Waals surface area contributed by atoms with Gasteiger partial charge in [-0.15, -0.1) is 0 Å². The maximum atomic E-state index is 11.5. The number of H-pyrrole nitrogens is 1. The van der Waals surface area contributed by atoms with E-state index >= 15 is 0 Å².